The van der Waals surface area contributed by atoms with Crippen LogP contribution in [0.5, 0.6) is 0 Å². The van der Waals surface area contributed by atoms with Crippen molar-refractivity contribution in [3.8, 4) is 0 Å². The topological polar surface area (TPSA) is 58.1 Å². The summed E-state index contributed by atoms with van der Waals surface area (Å²) in [4.78, 5) is 22.4. The first-order valence-corrected chi connectivity index (χ1v) is 8.57. The molecule has 1 aromatic heterocycles. The standard InChI is InChI=1S/C18H14BrClN4O/c1-24(15-9-21-11-22-10-15)14-5-6-16(20)17(8-14)23-18(25)12-3-2-4-13(19)7-12/h2-11H,1H3,(H,23,25). The van der Waals surface area contributed by atoms with Gasteiger partial charge in [0.1, 0.15) is 6.33 Å². The van der Waals surface area contributed by atoms with Crippen LogP contribution in [0.15, 0.2) is 65.7 Å². The fourth-order valence-corrected chi connectivity index (χ4v) is 2.82. The van der Waals surface area contributed by atoms with Gasteiger partial charge in [0.15, 0.2) is 0 Å². The van der Waals surface area contributed by atoms with Crippen molar-refractivity contribution < 1.29 is 4.79 Å². The monoisotopic (exact) mass is 416 g/mol. The van der Waals surface area contributed by atoms with Crippen LogP contribution >= 0.6 is 27.5 Å². The van der Waals surface area contributed by atoms with Crippen molar-refractivity contribution in [1.29, 1.82) is 0 Å². The summed E-state index contributed by atoms with van der Waals surface area (Å²) in [5, 5.41) is 3.31. The van der Waals surface area contributed by atoms with Gasteiger partial charge in [0.25, 0.3) is 5.91 Å². The maximum absolute atomic E-state index is 12.4. The van der Waals surface area contributed by atoms with Crippen molar-refractivity contribution in [3.63, 3.8) is 0 Å². The van der Waals surface area contributed by atoms with E-state index in [4.69, 9.17) is 11.6 Å². The van der Waals surface area contributed by atoms with Crippen molar-refractivity contribution >= 4 is 50.5 Å². The molecule has 126 valence electrons. The third-order valence-corrected chi connectivity index (χ3v) is 4.43. The Balaban J connectivity index is 1.86. The molecule has 0 fully saturated rings. The van der Waals surface area contributed by atoms with Gasteiger partial charge in [-0.2, -0.15) is 0 Å². The van der Waals surface area contributed by atoms with Gasteiger partial charge in [0, 0.05) is 22.8 Å². The molecule has 0 aliphatic carbocycles. The number of rotatable bonds is 4. The number of hydrogen-bond acceptors (Lipinski definition) is 4. The van der Waals surface area contributed by atoms with E-state index in [-0.39, 0.29) is 5.91 Å². The second-order valence-corrected chi connectivity index (χ2v) is 6.61. The molecule has 0 bridgehead atoms. The second kappa shape index (κ2) is 7.63. The Bertz CT molecular complexity index is 905. The number of halogens is 2. The Hall–Kier alpha value is -2.44. The van der Waals surface area contributed by atoms with Crippen LogP contribution in [0.2, 0.25) is 5.02 Å². The molecule has 0 aliphatic rings. The third-order valence-electron chi connectivity index (χ3n) is 3.61. The highest BCUT2D eigenvalue weighted by Gasteiger charge is 2.12. The van der Waals surface area contributed by atoms with Crippen molar-refractivity contribution in [2.45, 2.75) is 0 Å². The van der Waals surface area contributed by atoms with E-state index in [1.165, 1.54) is 6.33 Å². The predicted molar refractivity (Wildman–Crippen MR) is 104 cm³/mol. The van der Waals surface area contributed by atoms with E-state index in [0.717, 1.165) is 15.8 Å². The van der Waals surface area contributed by atoms with E-state index >= 15 is 0 Å². The van der Waals surface area contributed by atoms with Crippen LogP contribution in [-0.4, -0.2) is 22.9 Å². The number of carbonyl (C=O) groups is 1. The molecule has 2 aromatic carbocycles. The first kappa shape index (κ1) is 17.4. The second-order valence-electron chi connectivity index (χ2n) is 5.28. The molecule has 7 heteroatoms. The van der Waals surface area contributed by atoms with Gasteiger partial charge in [0.05, 0.1) is 28.8 Å². The van der Waals surface area contributed by atoms with Crippen LogP contribution in [0.3, 0.4) is 0 Å². The molecule has 0 aliphatic heterocycles. The maximum Gasteiger partial charge on any atom is 0.255 e. The molecule has 1 N–H and O–H groups in total. The van der Waals surface area contributed by atoms with E-state index in [2.05, 4.69) is 31.2 Å². The minimum atomic E-state index is -0.231. The lowest BCUT2D eigenvalue weighted by Gasteiger charge is -2.20. The maximum atomic E-state index is 12.4. The van der Waals surface area contributed by atoms with E-state index in [1.54, 1.807) is 36.7 Å². The number of nitrogens with zero attached hydrogens (tertiary/aromatic N) is 3. The minimum absolute atomic E-state index is 0.231. The van der Waals surface area contributed by atoms with Crippen LogP contribution in [0.4, 0.5) is 17.1 Å². The number of anilines is 3. The summed E-state index contributed by atoms with van der Waals surface area (Å²) in [5.41, 5.74) is 2.76. The first-order valence-electron chi connectivity index (χ1n) is 7.40. The van der Waals surface area contributed by atoms with Gasteiger partial charge < -0.3 is 10.2 Å². The van der Waals surface area contributed by atoms with E-state index < -0.39 is 0 Å². The molecule has 0 unspecified atom stereocenters. The van der Waals surface area contributed by atoms with Crippen molar-refractivity contribution in [2.75, 3.05) is 17.3 Å². The molecular weight excluding hydrogens is 404 g/mol. The number of benzene rings is 2. The fourth-order valence-electron chi connectivity index (χ4n) is 2.26. The third kappa shape index (κ3) is 4.15. The quantitative estimate of drug-likeness (QED) is 0.655. The van der Waals surface area contributed by atoms with Crippen molar-refractivity contribution in [1.82, 2.24) is 9.97 Å². The Morgan fingerprint density at radius 3 is 2.60 bits per heavy atom. The minimum Gasteiger partial charge on any atom is -0.342 e. The SMILES string of the molecule is CN(c1cncnc1)c1ccc(Cl)c(NC(=O)c2cccc(Br)c2)c1. The normalized spacial score (nSPS) is 10.4. The molecule has 0 saturated carbocycles. The summed E-state index contributed by atoms with van der Waals surface area (Å²) in [5.74, 6) is -0.231. The number of nitrogens with one attached hydrogen (secondary N) is 1. The highest BCUT2D eigenvalue weighted by atomic mass is 79.9. The molecule has 0 radical (unpaired) electrons. The zero-order valence-electron chi connectivity index (χ0n) is 13.3. The van der Waals surface area contributed by atoms with Gasteiger partial charge in [-0.3, -0.25) is 4.79 Å². The van der Waals surface area contributed by atoms with Crippen LogP contribution in [0, 0.1) is 0 Å². The Morgan fingerprint density at radius 1 is 1.12 bits per heavy atom. The largest absolute Gasteiger partial charge is 0.342 e. The average Bonchev–Trinajstić information content (AvgIpc) is 2.63. The first-order chi connectivity index (χ1) is 12.0. The molecule has 0 saturated heterocycles. The summed E-state index contributed by atoms with van der Waals surface area (Å²) >= 11 is 9.60. The van der Waals surface area contributed by atoms with E-state index in [0.29, 0.717) is 16.3 Å². The number of carbonyl (C=O) groups excluding carboxylic acids is 1. The summed E-state index contributed by atoms with van der Waals surface area (Å²) in [7, 11) is 1.89. The van der Waals surface area contributed by atoms with Crippen molar-refractivity contribution in [3.05, 3.63) is 76.2 Å². The summed E-state index contributed by atoms with van der Waals surface area (Å²) < 4.78 is 0.837. The highest BCUT2D eigenvalue weighted by molar-refractivity contribution is 9.10. The molecule has 0 spiro atoms. The van der Waals surface area contributed by atoms with Crippen LogP contribution in [0.1, 0.15) is 10.4 Å². The van der Waals surface area contributed by atoms with Gasteiger partial charge in [-0.15, -0.1) is 0 Å². The van der Waals surface area contributed by atoms with Gasteiger partial charge in [-0.1, -0.05) is 33.6 Å². The zero-order chi connectivity index (χ0) is 17.8. The lowest BCUT2D eigenvalue weighted by molar-refractivity contribution is 0.102. The highest BCUT2D eigenvalue weighted by Crippen LogP contribution is 2.30. The molecule has 25 heavy (non-hydrogen) atoms. The van der Waals surface area contributed by atoms with Gasteiger partial charge in [-0.05, 0) is 36.4 Å². The molecule has 3 rings (SSSR count). The number of hydrogen-bond donors (Lipinski definition) is 1. The lowest BCUT2D eigenvalue weighted by Crippen LogP contribution is -2.14. The van der Waals surface area contributed by atoms with Crippen LogP contribution < -0.4 is 10.2 Å². The lowest BCUT2D eigenvalue weighted by atomic mass is 10.2. The summed E-state index contributed by atoms with van der Waals surface area (Å²) in [6.07, 6.45) is 4.89. The Morgan fingerprint density at radius 2 is 1.88 bits per heavy atom. The van der Waals surface area contributed by atoms with E-state index in [1.807, 2.05) is 30.1 Å². The van der Waals surface area contributed by atoms with Crippen LogP contribution in [0.25, 0.3) is 0 Å². The molecular formula is C18H14BrClN4O. The molecule has 3 aromatic rings. The number of aromatic nitrogens is 2. The smallest absolute Gasteiger partial charge is 0.255 e. The van der Waals surface area contributed by atoms with Gasteiger partial charge >= 0.3 is 0 Å². The zero-order valence-corrected chi connectivity index (χ0v) is 15.6. The Labute approximate surface area is 158 Å². The van der Waals surface area contributed by atoms with Crippen molar-refractivity contribution in [2.24, 2.45) is 0 Å². The molecule has 1 amide bonds. The molecule has 1 heterocycles. The predicted octanol–water partition coefficient (Wildman–Crippen LogP) is 4.91. The average molecular weight is 418 g/mol. The van der Waals surface area contributed by atoms with Gasteiger partial charge in [-0.25, -0.2) is 9.97 Å². The summed E-state index contributed by atoms with van der Waals surface area (Å²) in [6, 6.07) is 12.6. The molecule has 0 atom stereocenters. The Kier molecular flexibility index (Phi) is 5.31. The van der Waals surface area contributed by atoms with E-state index in [9.17, 15) is 4.79 Å². The van der Waals surface area contributed by atoms with Gasteiger partial charge in [0.2, 0.25) is 0 Å². The summed E-state index contributed by atoms with van der Waals surface area (Å²) in [6.45, 7) is 0. The number of amides is 1. The van der Waals surface area contributed by atoms with Crippen LogP contribution in [-0.2, 0) is 0 Å². The molecule has 5 nitrogen and oxygen atoms in total. The fraction of sp³-hybridized carbons (Fsp3) is 0.0556.